The third-order valence-corrected chi connectivity index (χ3v) is 6.67. The molecule has 1 fully saturated rings. The van der Waals surface area contributed by atoms with Gasteiger partial charge in [0.2, 0.25) is 0 Å². The van der Waals surface area contributed by atoms with Crippen LogP contribution in [-0.4, -0.2) is 25.0 Å². The molecule has 1 aliphatic heterocycles. The second kappa shape index (κ2) is 10.6. The zero-order chi connectivity index (χ0) is 26.9. The second-order valence-electron chi connectivity index (χ2n) is 9.05. The molecule has 0 radical (unpaired) electrons. The average molecular weight is 563 g/mol. The number of carbonyl (C=O) groups is 3. The van der Waals surface area contributed by atoms with E-state index in [2.05, 4.69) is 39.4 Å². The van der Waals surface area contributed by atoms with Crippen molar-refractivity contribution in [3.8, 4) is 11.5 Å². The number of rotatable bonds is 6. The van der Waals surface area contributed by atoms with Gasteiger partial charge in [-0.05, 0) is 96.2 Å². The van der Waals surface area contributed by atoms with Crippen molar-refractivity contribution in [1.29, 1.82) is 0 Å². The number of hydrogen-bond donors (Lipinski definition) is 1. The fraction of sp³-hybridized carbons (Fsp3) is 0.207. The molecular formula is C29H27BrN2O5. The van der Waals surface area contributed by atoms with E-state index in [9.17, 15) is 14.4 Å². The van der Waals surface area contributed by atoms with Crippen LogP contribution >= 0.6 is 15.9 Å². The lowest BCUT2D eigenvalue weighted by atomic mass is 10.0. The third kappa shape index (κ3) is 5.59. The summed E-state index contributed by atoms with van der Waals surface area (Å²) in [6.45, 7) is 8.23. The zero-order valence-corrected chi connectivity index (χ0v) is 22.9. The van der Waals surface area contributed by atoms with E-state index >= 15 is 0 Å². The van der Waals surface area contributed by atoms with Gasteiger partial charge in [-0.25, -0.2) is 9.69 Å². The molecule has 3 aromatic rings. The summed E-state index contributed by atoms with van der Waals surface area (Å²) >= 11 is 3.52. The van der Waals surface area contributed by atoms with Crippen molar-refractivity contribution >= 4 is 45.5 Å². The Kier molecular flexibility index (Phi) is 7.50. The lowest BCUT2D eigenvalue weighted by Crippen LogP contribution is -2.54. The Morgan fingerprint density at radius 1 is 0.919 bits per heavy atom. The zero-order valence-electron chi connectivity index (χ0n) is 21.3. The van der Waals surface area contributed by atoms with E-state index in [1.54, 1.807) is 24.3 Å². The summed E-state index contributed by atoms with van der Waals surface area (Å²) in [5, 5.41) is 2.26. The van der Waals surface area contributed by atoms with E-state index in [0.29, 0.717) is 33.8 Å². The summed E-state index contributed by atoms with van der Waals surface area (Å²) in [6, 6.07) is 14.1. The number of barbiturate groups is 1. The second-order valence-corrected chi connectivity index (χ2v) is 9.90. The molecule has 0 bridgehead atoms. The van der Waals surface area contributed by atoms with Crippen LogP contribution in [0.5, 0.6) is 11.5 Å². The summed E-state index contributed by atoms with van der Waals surface area (Å²) in [6.07, 6.45) is 1.43. The van der Waals surface area contributed by atoms with Crippen molar-refractivity contribution < 1.29 is 23.9 Å². The van der Waals surface area contributed by atoms with Gasteiger partial charge >= 0.3 is 6.03 Å². The maximum absolute atomic E-state index is 13.3. The number of anilines is 1. The molecule has 1 heterocycles. The highest BCUT2D eigenvalue weighted by atomic mass is 79.9. The highest BCUT2D eigenvalue weighted by Crippen LogP contribution is 2.38. The van der Waals surface area contributed by atoms with Crippen LogP contribution in [-0.2, 0) is 16.2 Å². The molecular weight excluding hydrogens is 536 g/mol. The number of methoxy groups -OCH3 is 1. The molecule has 3 aromatic carbocycles. The molecule has 4 amide bonds. The molecule has 0 atom stereocenters. The third-order valence-electron chi connectivity index (χ3n) is 6.08. The van der Waals surface area contributed by atoms with E-state index < -0.39 is 17.8 Å². The van der Waals surface area contributed by atoms with Crippen molar-refractivity contribution in [2.24, 2.45) is 0 Å². The SMILES string of the molecule is COc1cc(/C=C2\C(=O)NC(=O)N(c3ccc(C)c(C)c3)C2=O)cc(Br)c1OCc1cc(C)cc(C)c1. The first-order valence-corrected chi connectivity index (χ1v) is 12.4. The first-order chi connectivity index (χ1) is 17.6. The summed E-state index contributed by atoms with van der Waals surface area (Å²) in [5.74, 6) is -0.547. The molecule has 0 aromatic heterocycles. The standard InChI is InChI=1S/C29H27BrN2O5/c1-16-8-17(2)10-21(9-16)15-37-26-24(30)13-20(14-25(26)36-5)12-23-27(33)31-29(35)32(28(23)34)22-7-6-18(3)19(4)11-22/h6-14H,15H2,1-5H3,(H,31,33,35)/b23-12+. The van der Waals surface area contributed by atoms with Gasteiger partial charge in [0.1, 0.15) is 12.2 Å². The van der Waals surface area contributed by atoms with Gasteiger partial charge in [0.15, 0.2) is 11.5 Å². The number of amides is 4. The van der Waals surface area contributed by atoms with Crippen LogP contribution in [0.25, 0.3) is 6.08 Å². The number of carbonyl (C=O) groups excluding carboxylic acids is 3. The monoisotopic (exact) mass is 562 g/mol. The Morgan fingerprint density at radius 3 is 2.27 bits per heavy atom. The Bertz CT molecular complexity index is 1440. The van der Waals surface area contributed by atoms with Crippen LogP contribution in [0.1, 0.15) is 33.4 Å². The van der Waals surface area contributed by atoms with Crippen LogP contribution in [0.4, 0.5) is 10.5 Å². The first kappa shape index (κ1) is 26.2. The minimum atomic E-state index is -0.788. The van der Waals surface area contributed by atoms with Crippen molar-refractivity contribution in [3.63, 3.8) is 0 Å². The number of ether oxygens (including phenoxy) is 2. The molecule has 7 nitrogen and oxygen atoms in total. The molecule has 4 rings (SSSR count). The Balaban J connectivity index is 1.65. The van der Waals surface area contributed by atoms with E-state index in [1.807, 2.05) is 33.8 Å². The highest BCUT2D eigenvalue weighted by molar-refractivity contribution is 9.10. The van der Waals surface area contributed by atoms with Gasteiger partial charge in [-0.2, -0.15) is 0 Å². The minimum Gasteiger partial charge on any atom is -0.493 e. The lowest BCUT2D eigenvalue weighted by molar-refractivity contribution is -0.122. The molecule has 8 heteroatoms. The number of imide groups is 2. The smallest absolute Gasteiger partial charge is 0.335 e. The molecule has 190 valence electrons. The Morgan fingerprint density at radius 2 is 1.62 bits per heavy atom. The molecule has 37 heavy (non-hydrogen) atoms. The highest BCUT2D eigenvalue weighted by Gasteiger charge is 2.37. The fourth-order valence-electron chi connectivity index (χ4n) is 4.19. The lowest BCUT2D eigenvalue weighted by Gasteiger charge is -2.27. The van der Waals surface area contributed by atoms with Gasteiger partial charge in [0.25, 0.3) is 11.8 Å². The number of nitrogens with zero attached hydrogens (tertiary/aromatic N) is 1. The maximum atomic E-state index is 13.3. The van der Waals surface area contributed by atoms with Crippen LogP contribution in [0.2, 0.25) is 0 Å². The van der Waals surface area contributed by atoms with Crippen molar-refractivity contribution in [2.75, 3.05) is 12.0 Å². The van der Waals surface area contributed by atoms with Gasteiger partial charge in [-0.15, -0.1) is 0 Å². The maximum Gasteiger partial charge on any atom is 0.335 e. The van der Waals surface area contributed by atoms with Crippen molar-refractivity contribution in [3.05, 3.63) is 92.0 Å². The molecule has 0 aliphatic carbocycles. The number of hydrogen-bond acceptors (Lipinski definition) is 5. The average Bonchev–Trinajstić information content (AvgIpc) is 2.82. The quantitative estimate of drug-likeness (QED) is 0.297. The first-order valence-electron chi connectivity index (χ1n) is 11.6. The number of urea groups is 1. The van der Waals surface area contributed by atoms with Crippen molar-refractivity contribution in [1.82, 2.24) is 5.32 Å². The van der Waals surface area contributed by atoms with Crippen molar-refractivity contribution in [2.45, 2.75) is 34.3 Å². The summed E-state index contributed by atoms with van der Waals surface area (Å²) < 4.78 is 12.2. The summed E-state index contributed by atoms with van der Waals surface area (Å²) in [7, 11) is 1.51. The number of nitrogens with one attached hydrogen (secondary N) is 1. The normalized spacial score (nSPS) is 14.7. The number of aryl methyl sites for hydroxylation is 4. The minimum absolute atomic E-state index is 0.171. The van der Waals surface area contributed by atoms with Crippen LogP contribution < -0.4 is 19.7 Å². The van der Waals surface area contributed by atoms with E-state index in [1.165, 1.54) is 13.2 Å². The largest absolute Gasteiger partial charge is 0.493 e. The molecule has 0 spiro atoms. The topological polar surface area (TPSA) is 84.9 Å². The molecule has 1 N–H and O–H groups in total. The van der Waals surface area contributed by atoms with Crippen LogP contribution in [0, 0.1) is 27.7 Å². The van der Waals surface area contributed by atoms with Gasteiger partial charge in [-0.3, -0.25) is 14.9 Å². The van der Waals surface area contributed by atoms with Gasteiger partial charge in [0.05, 0.1) is 17.3 Å². The Labute approximate surface area is 224 Å². The fourth-order valence-corrected chi connectivity index (χ4v) is 4.77. The molecule has 0 saturated carbocycles. The molecule has 0 unspecified atom stereocenters. The number of halogens is 1. The summed E-state index contributed by atoms with van der Waals surface area (Å²) in [4.78, 5) is 39.4. The summed E-state index contributed by atoms with van der Waals surface area (Å²) in [5.41, 5.74) is 6.01. The Hall–Kier alpha value is -3.91. The van der Waals surface area contributed by atoms with Gasteiger partial charge in [0, 0.05) is 0 Å². The predicted molar refractivity (Wildman–Crippen MR) is 146 cm³/mol. The van der Waals surface area contributed by atoms with E-state index in [4.69, 9.17) is 9.47 Å². The molecule has 1 saturated heterocycles. The van der Waals surface area contributed by atoms with Gasteiger partial charge in [-0.1, -0.05) is 35.4 Å². The predicted octanol–water partition coefficient (Wildman–Crippen LogP) is 5.94. The van der Waals surface area contributed by atoms with Crippen LogP contribution in [0.15, 0.2) is 58.6 Å². The van der Waals surface area contributed by atoms with E-state index in [0.717, 1.165) is 32.7 Å². The van der Waals surface area contributed by atoms with Gasteiger partial charge < -0.3 is 9.47 Å². The number of benzene rings is 3. The molecule has 1 aliphatic rings. The van der Waals surface area contributed by atoms with E-state index in [-0.39, 0.29) is 5.57 Å². The van der Waals surface area contributed by atoms with Crippen LogP contribution in [0.3, 0.4) is 0 Å².